The van der Waals surface area contributed by atoms with Crippen molar-refractivity contribution in [2.45, 2.75) is 6.92 Å². The summed E-state index contributed by atoms with van der Waals surface area (Å²) < 4.78 is 13.8. The minimum atomic E-state index is -0.623. The molecule has 0 radical (unpaired) electrons. The number of para-hydroxylation sites is 1. The van der Waals surface area contributed by atoms with E-state index >= 15 is 0 Å². The number of anilines is 3. The number of hydrogen-bond donors (Lipinski definition) is 3. The van der Waals surface area contributed by atoms with Crippen LogP contribution in [-0.4, -0.2) is 5.91 Å². The average Bonchev–Trinajstić information content (AvgIpc) is 2.34. The van der Waals surface area contributed by atoms with Crippen LogP contribution in [0.4, 0.5) is 21.5 Å². The van der Waals surface area contributed by atoms with Crippen molar-refractivity contribution in [1.29, 1.82) is 0 Å². The number of rotatable bonds is 3. The third-order valence-electron chi connectivity index (χ3n) is 2.75. The fourth-order valence-electron chi connectivity index (χ4n) is 1.77. The molecule has 0 fully saturated rings. The van der Waals surface area contributed by atoms with Gasteiger partial charge in [0.05, 0.1) is 22.6 Å². The van der Waals surface area contributed by atoms with Crippen LogP contribution in [0.5, 0.6) is 0 Å². The number of nitrogens with two attached hydrogens (primary N) is 2. The summed E-state index contributed by atoms with van der Waals surface area (Å²) >= 11 is 0. The summed E-state index contributed by atoms with van der Waals surface area (Å²) in [5.74, 6) is -1.04. The molecule has 2 rings (SSSR count). The van der Waals surface area contributed by atoms with Crippen LogP contribution in [0.1, 0.15) is 15.9 Å². The number of halogens is 1. The number of carbonyl (C=O) groups excluding carboxylic acids is 1. The van der Waals surface area contributed by atoms with Gasteiger partial charge in [-0.2, -0.15) is 0 Å². The Labute approximate surface area is 110 Å². The highest BCUT2D eigenvalue weighted by Crippen LogP contribution is 2.28. The summed E-state index contributed by atoms with van der Waals surface area (Å²) in [7, 11) is 0. The van der Waals surface area contributed by atoms with Crippen molar-refractivity contribution >= 4 is 23.0 Å². The summed E-state index contributed by atoms with van der Waals surface area (Å²) in [5, 5.41) is 2.82. The first-order valence-electron chi connectivity index (χ1n) is 5.70. The number of nitrogen functional groups attached to an aromatic ring is 1. The summed E-state index contributed by atoms with van der Waals surface area (Å²) in [6.07, 6.45) is 0. The second kappa shape index (κ2) is 4.97. The second-order valence-electron chi connectivity index (χ2n) is 4.24. The Hall–Kier alpha value is -2.56. The Bertz CT molecular complexity index is 641. The van der Waals surface area contributed by atoms with E-state index in [1.807, 2.05) is 0 Å². The van der Waals surface area contributed by atoms with E-state index in [1.165, 1.54) is 12.1 Å². The molecule has 0 aliphatic carbocycles. The molecule has 0 bridgehead atoms. The number of hydrogen-bond acceptors (Lipinski definition) is 3. The highest BCUT2D eigenvalue weighted by molar-refractivity contribution is 6.02. The van der Waals surface area contributed by atoms with Gasteiger partial charge in [-0.1, -0.05) is 12.1 Å². The first-order chi connectivity index (χ1) is 8.99. The van der Waals surface area contributed by atoms with Crippen LogP contribution in [0.3, 0.4) is 0 Å². The van der Waals surface area contributed by atoms with Crippen molar-refractivity contribution in [3.05, 3.63) is 53.3 Å². The second-order valence-corrected chi connectivity index (χ2v) is 4.24. The number of amides is 1. The van der Waals surface area contributed by atoms with Crippen LogP contribution < -0.4 is 16.8 Å². The van der Waals surface area contributed by atoms with Crippen LogP contribution >= 0.6 is 0 Å². The van der Waals surface area contributed by atoms with E-state index in [1.54, 1.807) is 31.2 Å². The highest BCUT2D eigenvalue weighted by atomic mass is 19.1. The van der Waals surface area contributed by atoms with Crippen LogP contribution in [0.15, 0.2) is 36.4 Å². The van der Waals surface area contributed by atoms with Crippen molar-refractivity contribution < 1.29 is 9.18 Å². The smallest absolute Gasteiger partial charge is 0.250 e. The predicted molar refractivity (Wildman–Crippen MR) is 73.8 cm³/mol. The van der Waals surface area contributed by atoms with Crippen LogP contribution in [0.25, 0.3) is 0 Å². The third kappa shape index (κ3) is 2.65. The van der Waals surface area contributed by atoms with E-state index in [-0.39, 0.29) is 11.3 Å². The van der Waals surface area contributed by atoms with Crippen molar-refractivity contribution in [2.75, 3.05) is 11.1 Å². The van der Waals surface area contributed by atoms with E-state index in [2.05, 4.69) is 5.32 Å². The lowest BCUT2D eigenvalue weighted by Crippen LogP contribution is -2.14. The molecule has 0 atom stereocenters. The number of aryl methyl sites for hydroxylation is 1. The van der Waals surface area contributed by atoms with Gasteiger partial charge in [-0.25, -0.2) is 4.39 Å². The first-order valence-corrected chi connectivity index (χ1v) is 5.70. The summed E-state index contributed by atoms with van der Waals surface area (Å²) in [4.78, 5) is 11.3. The van der Waals surface area contributed by atoms with E-state index < -0.39 is 11.7 Å². The number of carbonyl (C=O) groups is 1. The monoisotopic (exact) mass is 259 g/mol. The summed E-state index contributed by atoms with van der Waals surface area (Å²) in [6, 6.07) is 9.50. The normalized spacial score (nSPS) is 10.2. The number of nitrogens with one attached hydrogen (secondary N) is 1. The maximum atomic E-state index is 13.8. The molecule has 0 aromatic heterocycles. The van der Waals surface area contributed by atoms with Crippen molar-refractivity contribution in [3.8, 4) is 0 Å². The SMILES string of the molecule is Cc1ccc(Nc2c(N)cccc2C(N)=O)c(F)c1. The molecule has 0 heterocycles. The zero-order valence-electron chi connectivity index (χ0n) is 10.4. The summed E-state index contributed by atoms with van der Waals surface area (Å²) in [5.41, 5.74) is 13.0. The maximum Gasteiger partial charge on any atom is 0.250 e. The Morgan fingerprint density at radius 2 is 2.00 bits per heavy atom. The molecule has 2 aromatic rings. The Kier molecular flexibility index (Phi) is 3.37. The van der Waals surface area contributed by atoms with E-state index in [0.29, 0.717) is 11.4 Å². The van der Waals surface area contributed by atoms with Gasteiger partial charge in [0.25, 0.3) is 5.91 Å². The number of benzene rings is 2. The highest BCUT2D eigenvalue weighted by Gasteiger charge is 2.12. The molecular weight excluding hydrogens is 245 g/mol. The fourth-order valence-corrected chi connectivity index (χ4v) is 1.77. The molecule has 5 N–H and O–H groups in total. The van der Waals surface area contributed by atoms with Gasteiger partial charge in [0, 0.05) is 0 Å². The van der Waals surface area contributed by atoms with Gasteiger partial charge in [0.15, 0.2) is 0 Å². The molecule has 0 aliphatic rings. The largest absolute Gasteiger partial charge is 0.397 e. The van der Waals surface area contributed by atoms with Gasteiger partial charge in [-0.3, -0.25) is 4.79 Å². The zero-order valence-corrected chi connectivity index (χ0v) is 10.4. The predicted octanol–water partition coefficient (Wildman–Crippen LogP) is 2.56. The number of primary amides is 1. The molecule has 0 saturated heterocycles. The fraction of sp³-hybridized carbons (Fsp3) is 0.0714. The van der Waals surface area contributed by atoms with Gasteiger partial charge >= 0.3 is 0 Å². The van der Waals surface area contributed by atoms with E-state index in [9.17, 15) is 9.18 Å². The minimum absolute atomic E-state index is 0.222. The lowest BCUT2D eigenvalue weighted by atomic mass is 10.1. The average molecular weight is 259 g/mol. The molecule has 4 nitrogen and oxygen atoms in total. The Morgan fingerprint density at radius 3 is 2.63 bits per heavy atom. The van der Waals surface area contributed by atoms with Crippen molar-refractivity contribution in [1.82, 2.24) is 0 Å². The lowest BCUT2D eigenvalue weighted by molar-refractivity contribution is 0.100. The molecule has 2 aromatic carbocycles. The molecule has 0 unspecified atom stereocenters. The standard InChI is InChI=1S/C14H14FN3O/c1-8-5-6-12(10(15)7-8)18-13-9(14(17)19)3-2-4-11(13)16/h2-7,18H,16H2,1H3,(H2,17,19). The Morgan fingerprint density at radius 1 is 1.26 bits per heavy atom. The van der Waals surface area contributed by atoms with Crippen LogP contribution in [0, 0.1) is 12.7 Å². The molecule has 98 valence electrons. The van der Waals surface area contributed by atoms with E-state index in [4.69, 9.17) is 11.5 Å². The van der Waals surface area contributed by atoms with Crippen LogP contribution in [-0.2, 0) is 0 Å². The molecule has 0 aliphatic heterocycles. The van der Waals surface area contributed by atoms with Gasteiger partial charge in [0.1, 0.15) is 5.82 Å². The molecule has 19 heavy (non-hydrogen) atoms. The van der Waals surface area contributed by atoms with Gasteiger partial charge in [0.2, 0.25) is 0 Å². The minimum Gasteiger partial charge on any atom is -0.397 e. The summed E-state index contributed by atoms with van der Waals surface area (Å²) in [6.45, 7) is 1.79. The molecular formula is C14H14FN3O. The zero-order chi connectivity index (χ0) is 14.0. The molecule has 0 saturated carbocycles. The van der Waals surface area contributed by atoms with Crippen molar-refractivity contribution in [3.63, 3.8) is 0 Å². The molecule has 1 amide bonds. The van der Waals surface area contributed by atoms with Crippen molar-refractivity contribution in [2.24, 2.45) is 5.73 Å². The van der Waals surface area contributed by atoms with Gasteiger partial charge < -0.3 is 16.8 Å². The first kappa shape index (κ1) is 12.9. The van der Waals surface area contributed by atoms with E-state index in [0.717, 1.165) is 5.56 Å². The topological polar surface area (TPSA) is 81.1 Å². The third-order valence-corrected chi connectivity index (χ3v) is 2.75. The Balaban J connectivity index is 2.46. The lowest BCUT2D eigenvalue weighted by Gasteiger charge is -2.13. The molecule has 5 heteroatoms. The molecule has 0 spiro atoms. The van der Waals surface area contributed by atoms with Crippen LogP contribution in [0.2, 0.25) is 0 Å². The quantitative estimate of drug-likeness (QED) is 0.741. The maximum absolute atomic E-state index is 13.8. The van der Waals surface area contributed by atoms with Gasteiger partial charge in [-0.15, -0.1) is 0 Å². The van der Waals surface area contributed by atoms with Gasteiger partial charge in [-0.05, 0) is 36.8 Å².